The fourth-order valence-corrected chi connectivity index (χ4v) is 3.62. The smallest absolute Gasteiger partial charge is 0.251 e. The van der Waals surface area contributed by atoms with Crippen molar-refractivity contribution in [2.45, 2.75) is 77.0 Å². The van der Waals surface area contributed by atoms with Gasteiger partial charge in [0.25, 0.3) is 5.91 Å². The Hall–Kier alpha value is -0.610. The van der Waals surface area contributed by atoms with Crippen LogP contribution in [0.25, 0.3) is 0 Å². The van der Waals surface area contributed by atoms with E-state index in [2.05, 4.69) is 6.92 Å². The van der Waals surface area contributed by atoms with E-state index in [1.54, 1.807) is 0 Å². The summed E-state index contributed by atoms with van der Waals surface area (Å²) in [5, 5.41) is 0. The maximum Gasteiger partial charge on any atom is 0.251 e. The number of amides is 1. The van der Waals surface area contributed by atoms with E-state index in [0.717, 1.165) is 38.1 Å². The van der Waals surface area contributed by atoms with Crippen LogP contribution < -0.4 is 5.73 Å². The summed E-state index contributed by atoms with van der Waals surface area (Å²) >= 11 is 0. The first-order valence-corrected chi connectivity index (χ1v) is 8.27. The van der Waals surface area contributed by atoms with Crippen LogP contribution in [0.4, 0.5) is 0 Å². The van der Waals surface area contributed by atoms with Gasteiger partial charge in [-0.25, -0.2) is 0 Å². The third kappa shape index (κ3) is 3.95. The second kappa shape index (κ2) is 7.41. The second-order valence-corrected chi connectivity index (χ2v) is 6.59. The van der Waals surface area contributed by atoms with Crippen LogP contribution in [0.2, 0.25) is 0 Å². The van der Waals surface area contributed by atoms with Gasteiger partial charge in [-0.15, -0.1) is 0 Å². The van der Waals surface area contributed by atoms with Crippen LogP contribution in [-0.2, 0) is 9.53 Å². The number of nitrogens with two attached hydrogens (primary N) is 1. The number of ether oxygens (including phenoxy) is 1. The van der Waals surface area contributed by atoms with E-state index in [-0.39, 0.29) is 24.2 Å². The van der Waals surface area contributed by atoms with Gasteiger partial charge in [0.2, 0.25) is 0 Å². The van der Waals surface area contributed by atoms with Gasteiger partial charge >= 0.3 is 0 Å². The zero-order valence-corrected chi connectivity index (χ0v) is 13.0. The van der Waals surface area contributed by atoms with Crippen LogP contribution >= 0.6 is 0 Å². The van der Waals surface area contributed by atoms with Crippen molar-refractivity contribution in [1.29, 1.82) is 0 Å². The highest BCUT2D eigenvalue weighted by atomic mass is 16.5. The van der Waals surface area contributed by atoms with Gasteiger partial charge in [0.1, 0.15) is 6.10 Å². The quantitative estimate of drug-likeness (QED) is 0.861. The Morgan fingerprint density at radius 2 is 2.10 bits per heavy atom. The van der Waals surface area contributed by atoms with Gasteiger partial charge in [0, 0.05) is 19.1 Å². The molecule has 0 spiro atoms. The molecule has 20 heavy (non-hydrogen) atoms. The number of hydrogen-bond acceptors (Lipinski definition) is 3. The summed E-state index contributed by atoms with van der Waals surface area (Å²) in [6.45, 7) is 5.59. The lowest BCUT2D eigenvalue weighted by Crippen LogP contribution is -2.51. The maximum absolute atomic E-state index is 12.6. The number of rotatable bonds is 4. The largest absolute Gasteiger partial charge is 0.365 e. The van der Waals surface area contributed by atoms with E-state index >= 15 is 0 Å². The molecule has 2 aliphatic rings. The minimum atomic E-state index is -0.322. The van der Waals surface area contributed by atoms with Gasteiger partial charge in [-0.2, -0.15) is 0 Å². The average Bonchev–Trinajstić information content (AvgIpc) is 2.46. The molecule has 4 atom stereocenters. The molecular weight excluding hydrogens is 252 g/mol. The topological polar surface area (TPSA) is 55.6 Å². The van der Waals surface area contributed by atoms with E-state index in [9.17, 15) is 4.79 Å². The first-order valence-electron chi connectivity index (χ1n) is 8.27. The predicted molar refractivity (Wildman–Crippen MR) is 80.4 cm³/mol. The number of hydrogen-bond donors (Lipinski definition) is 1. The Bertz CT molecular complexity index is 322. The SMILES string of the molecule is C[C@@H]1CCC[C@H](O[C@H](C)C(=O)N2CCCC[C@H]2CN)C1. The van der Waals surface area contributed by atoms with E-state index < -0.39 is 0 Å². The highest BCUT2D eigenvalue weighted by Crippen LogP contribution is 2.27. The number of likely N-dealkylation sites (tertiary alicyclic amines) is 1. The molecule has 2 N–H and O–H groups in total. The van der Waals surface area contributed by atoms with Crippen LogP contribution in [0, 0.1) is 5.92 Å². The molecule has 2 fully saturated rings. The second-order valence-electron chi connectivity index (χ2n) is 6.59. The third-order valence-electron chi connectivity index (χ3n) is 4.81. The van der Waals surface area contributed by atoms with Crippen molar-refractivity contribution in [3.05, 3.63) is 0 Å². The standard InChI is InChI=1S/C16H30N2O2/c1-12-6-5-8-15(10-12)20-13(2)16(19)18-9-4-3-7-14(18)11-17/h12-15H,3-11,17H2,1-2H3/t12-,13-,14+,15+/m1/s1. The number of nitrogens with zero attached hydrogens (tertiary/aromatic N) is 1. The highest BCUT2D eigenvalue weighted by Gasteiger charge is 2.31. The number of piperidine rings is 1. The summed E-state index contributed by atoms with van der Waals surface area (Å²) in [5.41, 5.74) is 5.80. The Morgan fingerprint density at radius 1 is 1.30 bits per heavy atom. The molecule has 1 saturated carbocycles. The van der Waals surface area contributed by atoms with Crippen molar-refractivity contribution in [3.63, 3.8) is 0 Å². The third-order valence-corrected chi connectivity index (χ3v) is 4.81. The van der Waals surface area contributed by atoms with Gasteiger partial charge in [0.15, 0.2) is 0 Å². The lowest BCUT2D eigenvalue weighted by atomic mass is 9.88. The molecular formula is C16H30N2O2. The Kier molecular flexibility index (Phi) is 5.85. The van der Waals surface area contributed by atoms with Crippen LogP contribution in [-0.4, -0.2) is 42.1 Å². The Morgan fingerprint density at radius 3 is 2.80 bits per heavy atom. The van der Waals surface area contributed by atoms with Crippen molar-refractivity contribution in [1.82, 2.24) is 4.90 Å². The predicted octanol–water partition coefficient (Wildman–Crippen LogP) is 2.31. The van der Waals surface area contributed by atoms with Gasteiger partial charge in [-0.05, 0) is 44.9 Å². The minimum Gasteiger partial charge on any atom is -0.365 e. The molecule has 0 bridgehead atoms. The number of carbonyl (C=O) groups is 1. The van der Waals surface area contributed by atoms with E-state index in [0.29, 0.717) is 6.54 Å². The van der Waals surface area contributed by atoms with Crippen molar-refractivity contribution in [3.8, 4) is 0 Å². The van der Waals surface area contributed by atoms with Gasteiger partial charge in [0.05, 0.1) is 6.10 Å². The molecule has 1 saturated heterocycles. The van der Waals surface area contributed by atoms with Crippen molar-refractivity contribution in [2.24, 2.45) is 11.7 Å². The van der Waals surface area contributed by atoms with Crippen LogP contribution in [0.3, 0.4) is 0 Å². The fraction of sp³-hybridized carbons (Fsp3) is 0.938. The van der Waals surface area contributed by atoms with Gasteiger partial charge < -0.3 is 15.4 Å². The monoisotopic (exact) mass is 282 g/mol. The molecule has 1 aliphatic carbocycles. The minimum absolute atomic E-state index is 0.137. The molecule has 1 aliphatic heterocycles. The van der Waals surface area contributed by atoms with E-state index in [1.807, 2.05) is 11.8 Å². The summed E-state index contributed by atoms with van der Waals surface area (Å²) < 4.78 is 6.04. The van der Waals surface area contributed by atoms with Crippen LogP contribution in [0.5, 0.6) is 0 Å². The van der Waals surface area contributed by atoms with Gasteiger partial charge in [-0.3, -0.25) is 4.79 Å². The lowest BCUT2D eigenvalue weighted by molar-refractivity contribution is -0.151. The molecule has 0 radical (unpaired) electrons. The Balaban J connectivity index is 1.87. The van der Waals surface area contributed by atoms with Crippen LogP contribution in [0.15, 0.2) is 0 Å². The van der Waals surface area contributed by atoms with Crippen molar-refractivity contribution in [2.75, 3.05) is 13.1 Å². The molecule has 0 aromatic carbocycles. The molecule has 116 valence electrons. The summed E-state index contributed by atoms with van der Waals surface area (Å²) in [6, 6.07) is 0.215. The van der Waals surface area contributed by atoms with Gasteiger partial charge in [-0.1, -0.05) is 19.8 Å². The molecule has 4 nitrogen and oxygen atoms in total. The summed E-state index contributed by atoms with van der Waals surface area (Å²) in [7, 11) is 0. The fourth-order valence-electron chi connectivity index (χ4n) is 3.62. The molecule has 4 heteroatoms. The normalized spacial score (nSPS) is 33.0. The zero-order valence-electron chi connectivity index (χ0n) is 13.0. The zero-order chi connectivity index (χ0) is 14.5. The van der Waals surface area contributed by atoms with E-state index in [1.165, 1.54) is 19.3 Å². The number of carbonyl (C=O) groups excluding carboxylic acids is 1. The molecule has 0 aromatic rings. The first-order chi connectivity index (χ1) is 9.61. The molecule has 2 rings (SSSR count). The lowest BCUT2D eigenvalue weighted by Gasteiger charge is -2.37. The summed E-state index contributed by atoms with van der Waals surface area (Å²) in [6.07, 6.45) is 7.97. The summed E-state index contributed by atoms with van der Waals surface area (Å²) in [5.74, 6) is 0.862. The average molecular weight is 282 g/mol. The van der Waals surface area contributed by atoms with Crippen molar-refractivity contribution >= 4 is 5.91 Å². The highest BCUT2D eigenvalue weighted by molar-refractivity contribution is 5.81. The molecule has 0 unspecified atom stereocenters. The Labute approximate surface area is 123 Å². The summed E-state index contributed by atoms with van der Waals surface area (Å²) in [4.78, 5) is 14.5. The molecule has 1 heterocycles. The maximum atomic E-state index is 12.6. The molecule has 0 aromatic heterocycles. The van der Waals surface area contributed by atoms with Crippen molar-refractivity contribution < 1.29 is 9.53 Å². The first kappa shape index (κ1) is 15.8. The van der Waals surface area contributed by atoms with E-state index in [4.69, 9.17) is 10.5 Å². The molecule has 1 amide bonds. The van der Waals surface area contributed by atoms with Crippen LogP contribution in [0.1, 0.15) is 58.8 Å².